The molecule has 0 aliphatic carbocycles. The second-order valence-electron chi connectivity index (χ2n) is 5.90. The molecular formula is C19H20Cl4N2O. The van der Waals surface area contributed by atoms with Crippen molar-refractivity contribution >= 4 is 57.4 Å². The zero-order valence-electron chi connectivity index (χ0n) is 14.7. The van der Waals surface area contributed by atoms with E-state index in [1.807, 2.05) is 24.3 Å². The highest BCUT2D eigenvalue weighted by Gasteiger charge is 2.24. The van der Waals surface area contributed by atoms with Gasteiger partial charge in [0.25, 0.3) is 0 Å². The third-order valence-corrected chi connectivity index (χ3v) is 4.16. The fourth-order valence-corrected chi connectivity index (χ4v) is 2.59. The molecular weight excluding hydrogens is 414 g/mol. The van der Waals surface area contributed by atoms with Gasteiger partial charge in [0, 0.05) is 11.1 Å². The fourth-order valence-electron chi connectivity index (χ4n) is 2.07. The predicted octanol–water partition coefficient (Wildman–Crippen LogP) is 7.52. The molecule has 1 heterocycles. The van der Waals surface area contributed by atoms with Crippen LogP contribution in [0.1, 0.15) is 38.6 Å². The molecule has 3 rings (SSSR count). The predicted molar refractivity (Wildman–Crippen MR) is 112 cm³/mol. The minimum atomic E-state index is -1.10. The molecule has 0 aliphatic rings. The number of benzene rings is 2. The summed E-state index contributed by atoms with van der Waals surface area (Å²) in [5.74, 6) is 1.000. The number of halogens is 4. The Bertz CT molecular complexity index is 854. The van der Waals surface area contributed by atoms with Crippen LogP contribution in [0.5, 0.6) is 5.75 Å². The molecule has 26 heavy (non-hydrogen) atoms. The number of H-pyrrole nitrogens is 1. The minimum Gasteiger partial charge on any atom is -0.487 e. The van der Waals surface area contributed by atoms with Crippen LogP contribution in [0.25, 0.3) is 11.0 Å². The maximum Gasteiger partial charge on any atom is 0.172 e. The summed E-state index contributed by atoms with van der Waals surface area (Å²) in [5.41, 5.74) is 2.42. The molecule has 0 amide bonds. The SMILES string of the molecule is CC(Cl)(Cl)c1nc2cc(OCc3ccc(Cl)cc3)c(Cl)cc2[nH]1.CCC. The number of alkyl halides is 2. The molecule has 0 fully saturated rings. The zero-order chi connectivity index (χ0) is 19.3. The molecule has 3 aromatic rings. The number of imidazole rings is 1. The van der Waals surface area contributed by atoms with Gasteiger partial charge in [0.15, 0.2) is 4.33 Å². The first kappa shape index (κ1) is 21.2. The molecule has 2 aromatic carbocycles. The first-order chi connectivity index (χ1) is 12.2. The first-order valence-corrected chi connectivity index (χ1v) is 9.70. The summed E-state index contributed by atoms with van der Waals surface area (Å²) in [4.78, 5) is 7.43. The lowest BCUT2D eigenvalue weighted by Gasteiger charge is -2.08. The van der Waals surface area contributed by atoms with E-state index in [2.05, 4.69) is 23.8 Å². The highest BCUT2D eigenvalue weighted by molar-refractivity contribution is 6.47. The van der Waals surface area contributed by atoms with Crippen LogP contribution in [0.3, 0.4) is 0 Å². The van der Waals surface area contributed by atoms with E-state index in [-0.39, 0.29) is 0 Å². The van der Waals surface area contributed by atoms with Crippen molar-refractivity contribution in [2.45, 2.75) is 38.1 Å². The van der Waals surface area contributed by atoms with Gasteiger partial charge in [-0.3, -0.25) is 0 Å². The van der Waals surface area contributed by atoms with Crippen LogP contribution >= 0.6 is 46.4 Å². The number of fused-ring (bicyclic) bond motifs is 1. The second kappa shape index (κ2) is 9.18. The van der Waals surface area contributed by atoms with E-state index in [4.69, 9.17) is 51.1 Å². The smallest absolute Gasteiger partial charge is 0.172 e. The number of nitrogens with zero attached hydrogens (tertiary/aromatic N) is 1. The average molecular weight is 434 g/mol. The fraction of sp³-hybridized carbons (Fsp3) is 0.316. The van der Waals surface area contributed by atoms with Crippen LogP contribution in [-0.2, 0) is 10.9 Å². The van der Waals surface area contributed by atoms with Gasteiger partial charge in [-0.05, 0) is 30.7 Å². The Morgan fingerprint density at radius 3 is 2.27 bits per heavy atom. The number of hydrogen-bond acceptors (Lipinski definition) is 2. The lowest BCUT2D eigenvalue weighted by molar-refractivity contribution is 0.307. The van der Waals surface area contributed by atoms with Gasteiger partial charge in [-0.15, -0.1) is 0 Å². The number of rotatable bonds is 4. The third kappa shape index (κ3) is 5.68. The Labute approximate surface area is 173 Å². The third-order valence-electron chi connectivity index (χ3n) is 3.26. The lowest BCUT2D eigenvalue weighted by atomic mass is 10.2. The van der Waals surface area contributed by atoms with Crippen LogP contribution in [0.4, 0.5) is 0 Å². The lowest BCUT2D eigenvalue weighted by Crippen LogP contribution is -2.05. The highest BCUT2D eigenvalue weighted by atomic mass is 35.5. The van der Waals surface area contributed by atoms with Crippen molar-refractivity contribution < 1.29 is 4.74 Å². The van der Waals surface area contributed by atoms with E-state index in [0.717, 1.165) is 11.1 Å². The summed E-state index contributed by atoms with van der Waals surface area (Å²) in [6.07, 6.45) is 1.25. The van der Waals surface area contributed by atoms with Crippen molar-refractivity contribution in [3.8, 4) is 5.75 Å². The van der Waals surface area contributed by atoms with Gasteiger partial charge in [-0.1, -0.05) is 78.8 Å². The van der Waals surface area contributed by atoms with Gasteiger partial charge >= 0.3 is 0 Å². The Morgan fingerprint density at radius 2 is 1.69 bits per heavy atom. The highest BCUT2D eigenvalue weighted by Crippen LogP contribution is 2.35. The van der Waals surface area contributed by atoms with E-state index in [1.54, 1.807) is 19.1 Å². The molecule has 7 heteroatoms. The van der Waals surface area contributed by atoms with Crippen molar-refractivity contribution in [1.29, 1.82) is 0 Å². The Morgan fingerprint density at radius 1 is 1.08 bits per heavy atom. The number of aromatic amines is 1. The van der Waals surface area contributed by atoms with Crippen LogP contribution in [0.2, 0.25) is 10.0 Å². The van der Waals surface area contributed by atoms with Gasteiger partial charge in [0.05, 0.1) is 16.1 Å². The van der Waals surface area contributed by atoms with E-state index in [1.165, 1.54) is 6.42 Å². The van der Waals surface area contributed by atoms with E-state index >= 15 is 0 Å². The molecule has 0 spiro atoms. The zero-order valence-corrected chi connectivity index (χ0v) is 17.8. The van der Waals surface area contributed by atoms with Crippen LogP contribution in [-0.4, -0.2) is 9.97 Å². The Balaban J connectivity index is 0.000000758. The summed E-state index contributed by atoms with van der Waals surface area (Å²) >= 11 is 24.2. The monoisotopic (exact) mass is 432 g/mol. The molecule has 0 saturated heterocycles. The van der Waals surface area contributed by atoms with Crippen molar-refractivity contribution in [3.05, 3.63) is 57.8 Å². The normalized spacial score (nSPS) is 11.2. The maximum absolute atomic E-state index is 6.26. The molecule has 0 atom stereocenters. The summed E-state index contributed by atoms with van der Waals surface area (Å²) in [5, 5.41) is 1.16. The molecule has 0 unspecified atom stereocenters. The van der Waals surface area contributed by atoms with Crippen LogP contribution in [0.15, 0.2) is 36.4 Å². The van der Waals surface area contributed by atoms with Crippen molar-refractivity contribution in [2.75, 3.05) is 0 Å². The molecule has 0 saturated carbocycles. The standard InChI is InChI=1S/C16H12Cl4N2O.C3H8/c1-16(19,20)15-21-12-6-11(18)14(7-13(12)22-15)23-8-9-2-4-10(17)5-3-9;1-3-2/h2-7H,8H2,1H3,(H,21,22);3H2,1-2H3. The summed E-state index contributed by atoms with van der Waals surface area (Å²) in [6, 6.07) is 10.9. The molecule has 0 bridgehead atoms. The Kier molecular flexibility index (Phi) is 7.48. The average Bonchev–Trinajstić information content (AvgIpc) is 2.98. The molecule has 1 aromatic heterocycles. The summed E-state index contributed by atoms with van der Waals surface area (Å²) < 4.78 is 4.67. The van der Waals surface area contributed by atoms with Crippen molar-refractivity contribution in [3.63, 3.8) is 0 Å². The quantitative estimate of drug-likeness (QED) is 0.432. The molecule has 1 N–H and O–H groups in total. The molecule has 3 nitrogen and oxygen atoms in total. The molecule has 140 valence electrons. The first-order valence-electron chi connectivity index (χ1n) is 8.19. The van der Waals surface area contributed by atoms with Crippen LogP contribution in [0, 0.1) is 0 Å². The molecule has 0 radical (unpaired) electrons. The number of nitrogens with one attached hydrogen (secondary N) is 1. The van der Waals surface area contributed by atoms with Gasteiger partial charge in [-0.2, -0.15) is 0 Å². The largest absolute Gasteiger partial charge is 0.487 e. The second-order valence-corrected chi connectivity index (χ2v) is 8.44. The van der Waals surface area contributed by atoms with Crippen molar-refractivity contribution in [1.82, 2.24) is 9.97 Å². The van der Waals surface area contributed by atoms with E-state index in [9.17, 15) is 0 Å². The van der Waals surface area contributed by atoms with Crippen molar-refractivity contribution in [2.24, 2.45) is 0 Å². The van der Waals surface area contributed by atoms with Gasteiger partial charge in [-0.25, -0.2) is 4.98 Å². The summed E-state index contributed by atoms with van der Waals surface area (Å²) in [6.45, 7) is 6.27. The van der Waals surface area contributed by atoms with Gasteiger partial charge < -0.3 is 9.72 Å². The van der Waals surface area contributed by atoms with Gasteiger partial charge in [0.1, 0.15) is 18.2 Å². The van der Waals surface area contributed by atoms with E-state index in [0.29, 0.717) is 33.7 Å². The minimum absolute atomic E-state index is 0.377. The molecule has 0 aliphatic heterocycles. The number of ether oxygens (including phenoxy) is 1. The topological polar surface area (TPSA) is 37.9 Å². The number of aromatic nitrogens is 2. The van der Waals surface area contributed by atoms with Gasteiger partial charge in [0.2, 0.25) is 0 Å². The van der Waals surface area contributed by atoms with E-state index < -0.39 is 4.33 Å². The maximum atomic E-state index is 6.26. The summed E-state index contributed by atoms with van der Waals surface area (Å²) in [7, 11) is 0. The number of hydrogen-bond donors (Lipinski definition) is 1. The Hall–Kier alpha value is -1.13. The van der Waals surface area contributed by atoms with Crippen LogP contribution < -0.4 is 4.74 Å².